The third-order valence-corrected chi connectivity index (χ3v) is 3.66. The molecule has 1 N–H and O–H groups in total. The maximum Gasteiger partial charge on any atom is 0.139 e. The van der Waals surface area contributed by atoms with Crippen LogP contribution in [0.5, 0.6) is 0 Å². The van der Waals surface area contributed by atoms with Gasteiger partial charge in [-0.15, -0.1) is 0 Å². The molecule has 0 aliphatic carbocycles. The van der Waals surface area contributed by atoms with Gasteiger partial charge in [-0.25, -0.2) is 4.98 Å². The molecule has 2 aromatic heterocycles. The Hall–Kier alpha value is -1.59. The van der Waals surface area contributed by atoms with Crippen molar-refractivity contribution < 1.29 is 9.52 Å². The van der Waals surface area contributed by atoms with Gasteiger partial charge in [0.25, 0.3) is 0 Å². The van der Waals surface area contributed by atoms with Crippen LogP contribution in [0.3, 0.4) is 0 Å². The minimum Gasteiger partial charge on any atom is -0.464 e. The highest BCUT2D eigenvalue weighted by molar-refractivity contribution is 5.88. The number of anilines is 1. The molecule has 5 nitrogen and oxygen atoms in total. The van der Waals surface area contributed by atoms with E-state index in [2.05, 4.69) is 14.8 Å². The van der Waals surface area contributed by atoms with Gasteiger partial charge in [0.15, 0.2) is 0 Å². The summed E-state index contributed by atoms with van der Waals surface area (Å²) in [4.78, 5) is 9.13. The lowest BCUT2D eigenvalue weighted by Crippen LogP contribution is -2.32. The van der Waals surface area contributed by atoms with E-state index in [9.17, 15) is 0 Å². The van der Waals surface area contributed by atoms with Gasteiger partial charge in [-0.1, -0.05) is 0 Å². The molecule has 102 valence electrons. The SMILES string of the molecule is OCCN1CCCN(c2nccc3occc23)CC1. The van der Waals surface area contributed by atoms with E-state index in [-0.39, 0.29) is 6.61 Å². The molecular formula is C14H19N3O2. The lowest BCUT2D eigenvalue weighted by atomic mass is 10.3. The summed E-state index contributed by atoms with van der Waals surface area (Å²) in [6, 6.07) is 3.88. The Kier molecular flexibility index (Phi) is 3.66. The molecule has 0 atom stereocenters. The molecule has 0 unspecified atom stereocenters. The predicted octanol–water partition coefficient (Wildman–Crippen LogP) is 1.33. The Balaban J connectivity index is 1.80. The Morgan fingerprint density at radius 2 is 2.16 bits per heavy atom. The Labute approximate surface area is 112 Å². The first kappa shape index (κ1) is 12.4. The van der Waals surface area contributed by atoms with Crippen molar-refractivity contribution in [3.8, 4) is 0 Å². The number of rotatable bonds is 3. The maximum absolute atomic E-state index is 9.03. The van der Waals surface area contributed by atoms with Crippen molar-refractivity contribution in [3.63, 3.8) is 0 Å². The van der Waals surface area contributed by atoms with Gasteiger partial charge in [0.1, 0.15) is 11.4 Å². The normalized spacial score (nSPS) is 17.8. The number of hydrogen-bond donors (Lipinski definition) is 1. The molecule has 1 aliphatic rings. The van der Waals surface area contributed by atoms with Crippen molar-refractivity contribution >= 4 is 16.8 Å². The van der Waals surface area contributed by atoms with Crippen LogP contribution in [0.4, 0.5) is 5.82 Å². The number of pyridine rings is 1. The van der Waals surface area contributed by atoms with Gasteiger partial charge >= 0.3 is 0 Å². The van der Waals surface area contributed by atoms with Crippen molar-refractivity contribution in [2.24, 2.45) is 0 Å². The van der Waals surface area contributed by atoms with Crippen LogP contribution in [0.15, 0.2) is 29.0 Å². The Morgan fingerprint density at radius 3 is 3.05 bits per heavy atom. The summed E-state index contributed by atoms with van der Waals surface area (Å²) in [5, 5.41) is 10.1. The number of hydrogen-bond acceptors (Lipinski definition) is 5. The highest BCUT2D eigenvalue weighted by atomic mass is 16.3. The number of furan rings is 1. The molecule has 1 fully saturated rings. The van der Waals surface area contributed by atoms with Crippen LogP contribution in [0.2, 0.25) is 0 Å². The number of aromatic nitrogens is 1. The lowest BCUT2D eigenvalue weighted by Gasteiger charge is -2.22. The van der Waals surface area contributed by atoms with E-state index in [1.165, 1.54) is 0 Å². The molecule has 3 heterocycles. The van der Waals surface area contributed by atoms with E-state index in [4.69, 9.17) is 9.52 Å². The summed E-state index contributed by atoms with van der Waals surface area (Å²) < 4.78 is 5.43. The number of β-amino-alcohol motifs (C(OH)–C–C–N with tert-alkyl or cyclic N) is 1. The molecule has 1 aliphatic heterocycles. The standard InChI is InChI=1S/C14H19N3O2/c18-10-9-16-5-1-6-17(8-7-16)14-12-3-11-19-13(12)2-4-15-14/h2-4,11,18H,1,5-10H2. The van der Waals surface area contributed by atoms with E-state index in [1.54, 1.807) is 12.5 Å². The van der Waals surface area contributed by atoms with Gasteiger partial charge in [0.05, 0.1) is 18.3 Å². The van der Waals surface area contributed by atoms with Gasteiger partial charge in [-0.2, -0.15) is 0 Å². The van der Waals surface area contributed by atoms with Gasteiger partial charge in [0, 0.05) is 32.4 Å². The fourth-order valence-corrected chi connectivity index (χ4v) is 2.68. The third-order valence-electron chi connectivity index (χ3n) is 3.66. The summed E-state index contributed by atoms with van der Waals surface area (Å²) in [6.07, 6.45) is 4.61. The lowest BCUT2D eigenvalue weighted by molar-refractivity contribution is 0.204. The van der Waals surface area contributed by atoms with Gasteiger partial charge in [0.2, 0.25) is 0 Å². The number of nitrogens with zero attached hydrogens (tertiary/aromatic N) is 3. The molecule has 3 rings (SSSR count). The number of aliphatic hydroxyl groups is 1. The summed E-state index contributed by atoms with van der Waals surface area (Å²) in [6.45, 7) is 4.94. The van der Waals surface area contributed by atoms with Crippen molar-refractivity contribution in [2.75, 3.05) is 44.2 Å². The Bertz CT molecular complexity index is 540. The Morgan fingerprint density at radius 1 is 1.21 bits per heavy atom. The quantitative estimate of drug-likeness (QED) is 0.903. The zero-order valence-electron chi connectivity index (χ0n) is 11.0. The van der Waals surface area contributed by atoms with E-state index < -0.39 is 0 Å². The van der Waals surface area contributed by atoms with Crippen molar-refractivity contribution in [3.05, 3.63) is 24.6 Å². The highest BCUT2D eigenvalue weighted by Crippen LogP contribution is 2.25. The van der Waals surface area contributed by atoms with Crippen LogP contribution in [0.25, 0.3) is 11.0 Å². The minimum absolute atomic E-state index is 0.232. The number of fused-ring (bicyclic) bond motifs is 1. The molecule has 0 aromatic carbocycles. The molecule has 2 aromatic rings. The molecule has 0 saturated carbocycles. The highest BCUT2D eigenvalue weighted by Gasteiger charge is 2.17. The van der Waals surface area contributed by atoms with Gasteiger partial charge in [-0.05, 0) is 25.1 Å². The molecule has 0 bridgehead atoms. The van der Waals surface area contributed by atoms with Crippen molar-refractivity contribution in [1.29, 1.82) is 0 Å². The van der Waals surface area contributed by atoms with E-state index in [0.717, 1.165) is 55.9 Å². The van der Waals surface area contributed by atoms with E-state index in [0.29, 0.717) is 0 Å². The third kappa shape index (κ3) is 2.57. The largest absolute Gasteiger partial charge is 0.464 e. The average molecular weight is 261 g/mol. The van der Waals surface area contributed by atoms with Gasteiger partial charge in [-0.3, -0.25) is 4.90 Å². The summed E-state index contributed by atoms with van der Waals surface area (Å²) in [7, 11) is 0. The zero-order valence-corrected chi connectivity index (χ0v) is 11.0. The van der Waals surface area contributed by atoms with Gasteiger partial charge < -0.3 is 14.4 Å². The zero-order chi connectivity index (χ0) is 13.1. The summed E-state index contributed by atoms with van der Waals surface area (Å²) in [5.41, 5.74) is 0.890. The second-order valence-electron chi connectivity index (χ2n) is 4.87. The second kappa shape index (κ2) is 5.59. The molecule has 19 heavy (non-hydrogen) atoms. The molecule has 0 amide bonds. The van der Waals surface area contributed by atoms with Crippen molar-refractivity contribution in [1.82, 2.24) is 9.88 Å². The van der Waals surface area contributed by atoms with Crippen LogP contribution < -0.4 is 4.90 Å². The van der Waals surface area contributed by atoms with Crippen LogP contribution >= 0.6 is 0 Å². The smallest absolute Gasteiger partial charge is 0.139 e. The summed E-state index contributed by atoms with van der Waals surface area (Å²) in [5.74, 6) is 1.01. The van der Waals surface area contributed by atoms with Crippen LogP contribution in [-0.2, 0) is 0 Å². The first-order valence-corrected chi connectivity index (χ1v) is 6.79. The van der Waals surface area contributed by atoms with Crippen LogP contribution in [0, 0.1) is 0 Å². The molecule has 5 heteroatoms. The van der Waals surface area contributed by atoms with E-state index >= 15 is 0 Å². The monoisotopic (exact) mass is 261 g/mol. The fraction of sp³-hybridized carbons (Fsp3) is 0.500. The minimum atomic E-state index is 0.232. The van der Waals surface area contributed by atoms with Crippen molar-refractivity contribution in [2.45, 2.75) is 6.42 Å². The molecule has 1 saturated heterocycles. The number of aliphatic hydroxyl groups excluding tert-OH is 1. The van der Waals surface area contributed by atoms with E-state index in [1.807, 2.05) is 12.1 Å². The second-order valence-corrected chi connectivity index (χ2v) is 4.87. The van der Waals surface area contributed by atoms with Crippen LogP contribution in [0.1, 0.15) is 6.42 Å². The average Bonchev–Trinajstić information content (AvgIpc) is 2.79. The first-order valence-electron chi connectivity index (χ1n) is 6.79. The first-order chi connectivity index (χ1) is 9.38. The molecule has 0 spiro atoms. The topological polar surface area (TPSA) is 52.7 Å². The van der Waals surface area contributed by atoms with Crippen LogP contribution in [-0.4, -0.2) is 54.3 Å². The molecular weight excluding hydrogens is 242 g/mol. The molecule has 0 radical (unpaired) electrons. The summed E-state index contributed by atoms with van der Waals surface area (Å²) >= 11 is 0. The predicted molar refractivity (Wildman–Crippen MR) is 74.4 cm³/mol. The fourth-order valence-electron chi connectivity index (χ4n) is 2.68. The maximum atomic E-state index is 9.03.